The van der Waals surface area contributed by atoms with Gasteiger partial charge >= 0.3 is 0 Å². The molecule has 5 nitrogen and oxygen atoms in total. The summed E-state index contributed by atoms with van der Waals surface area (Å²) < 4.78 is 10.5. The number of ether oxygens (including phenoxy) is 2. The number of methoxy groups -OCH3 is 2. The van der Waals surface area contributed by atoms with Gasteiger partial charge in [0.15, 0.2) is 18.0 Å². The molecule has 3 N–H and O–H groups in total. The molecule has 0 bridgehead atoms. The molecular weight excluding hydrogens is 328 g/mol. The molecule has 0 aliphatic rings. The number of quaternary nitrogens is 1. The van der Waals surface area contributed by atoms with Crippen LogP contribution in [0.5, 0.6) is 11.5 Å². The Bertz CT molecular complexity index is 702. The number of carbonyl (C=O) groups is 1. The van der Waals surface area contributed by atoms with Gasteiger partial charge in [-0.05, 0) is 17.7 Å². The largest absolute Gasteiger partial charge is 0.493 e. The monoisotopic (exact) mass is 357 g/mol. The predicted molar refractivity (Wildman–Crippen MR) is 102 cm³/mol. The van der Waals surface area contributed by atoms with Crippen LogP contribution in [0, 0.1) is 5.92 Å². The number of nitrogens with two attached hydrogens (primary N) is 1. The van der Waals surface area contributed by atoms with Crippen molar-refractivity contribution in [2.24, 2.45) is 5.92 Å². The van der Waals surface area contributed by atoms with Gasteiger partial charge in [0, 0.05) is 18.0 Å². The fourth-order valence-electron chi connectivity index (χ4n) is 2.97. The third-order valence-electron chi connectivity index (χ3n) is 4.40. The lowest BCUT2D eigenvalue weighted by atomic mass is 9.96. The second-order valence-corrected chi connectivity index (χ2v) is 6.59. The molecule has 1 atom stereocenters. The molecular formula is C21H29N2O3+. The fraction of sp³-hybridized carbons (Fsp3) is 0.381. The zero-order valence-electron chi connectivity index (χ0n) is 16.0. The van der Waals surface area contributed by atoms with Crippen molar-refractivity contribution in [2.45, 2.75) is 26.4 Å². The zero-order valence-corrected chi connectivity index (χ0v) is 16.0. The molecule has 0 aliphatic carbocycles. The van der Waals surface area contributed by atoms with Gasteiger partial charge < -0.3 is 20.1 Å². The Morgan fingerprint density at radius 1 is 1.04 bits per heavy atom. The number of carbonyl (C=O) groups excluding carboxylic acids is 1. The van der Waals surface area contributed by atoms with Gasteiger partial charge in [0.05, 0.1) is 14.2 Å². The van der Waals surface area contributed by atoms with Crippen molar-refractivity contribution in [3.8, 4) is 11.5 Å². The average Bonchev–Trinajstić information content (AvgIpc) is 2.66. The summed E-state index contributed by atoms with van der Waals surface area (Å²) in [6.45, 7) is 5.21. The molecule has 0 saturated heterocycles. The van der Waals surface area contributed by atoms with E-state index in [2.05, 4.69) is 36.6 Å². The molecule has 0 spiro atoms. The van der Waals surface area contributed by atoms with Crippen molar-refractivity contribution in [2.75, 3.05) is 20.8 Å². The van der Waals surface area contributed by atoms with E-state index in [-0.39, 0.29) is 11.9 Å². The quantitative estimate of drug-likeness (QED) is 0.724. The van der Waals surface area contributed by atoms with Crippen molar-refractivity contribution in [3.05, 3.63) is 59.7 Å². The number of amides is 1. The molecule has 0 fully saturated rings. The van der Waals surface area contributed by atoms with E-state index in [1.165, 1.54) is 5.56 Å². The second kappa shape index (κ2) is 9.82. The number of nitrogens with one attached hydrogen (secondary N) is 1. The van der Waals surface area contributed by atoms with E-state index in [0.29, 0.717) is 30.5 Å². The first-order chi connectivity index (χ1) is 12.5. The van der Waals surface area contributed by atoms with E-state index >= 15 is 0 Å². The summed E-state index contributed by atoms with van der Waals surface area (Å²) >= 11 is 0. The molecule has 0 unspecified atom stereocenters. The molecule has 1 amide bonds. The molecule has 0 heterocycles. The summed E-state index contributed by atoms with van der Waals surface area (Å²) in [5.74, 6) is 1.80. The molecule has 140 valence electrons. The topological polar surface area (TPSA) is 64.2 Å². The SMILES string of the molecule is COc1ccc(CNC(=O)C[NH2+][C@@H](c2ccccc2)C(C)C)cc1OC. The first-order valence-corrected chi connectivity index (χ1v) is 8.91. The van der Waals surface area contributed by atoms with Crippen LogP contribution < -0.4 is 20.1 Å². The summed E-state index contributed by atoms with van der Waals surface area (Å²) in [6.07, 6.45) is 0. The highest BCUT2D eigenvalue weighted by atomic mass is 16.5. The summed E-state index contributed by atoms with van der Waals surface area (Å²) in [5, 5.41) is 5.07. The van der Waals surface area contributed by atoms with Crippen molar-refractivity contribution in [1.29, 1.82) is 0 Å². The standard InChI is InChI=1S/C21H28N2O3/c1-15(2)21(17-8-6-5-7-9-17)23-14-20(24)22-13-16-10-11-18(25-3)19(12-16)26-4/h5-12,15,21,23H,13-14H2,1-4H3,(H,22,24)/p+1/t21-/m1/s1. The maximum Gasteiger partial charge on any atom is 0.275 e. The third-order valence-corrected chi connectivity index (χ3v) is 4.40. The highest BCUT2D eigenvalue weighted by Gasteiger charge is 2.20. The van der Waals surface area contributed by atoms with Crippen LogP contribution in [0.15, 0.2) is 48.5 Å². The maximum atomic E-state index is 12.3. The molecule has 2 aromatic rings. The lowest BCUT2D eigenvalue weighted by Crippen LogP contribution is -2.88. The highest BCUT2D eigenvalue weighted by Crippen LogP contribution is 2.27. The zero-order chi connectivity index (χ0) is 18.9. The number of benzene rings is 2. The van der Waals surface area contributed by atoms with Crippen LogP contribution in [-0.2, 0) is 11.3 Å². The summed E-state index contributed by atoms with van der Waals surface area (Å²) in [6, 6.07) is 16.2. The minimum absolute atomic E-state index is 0.0152. The van der Waals surface area contributed by atoms with Crippen LogP contribution >= 0.6 is 0 Å². The van der Waals surface area contributed by atoms with E-state index in [4.69, 9.17) is 9.47 Å². The molecule has 0 saturated carbocycles. The Labute approximate surface area is 155 Å². The second-order valence-electron chi connectivity index (χ2n) is 6.59. The van der Waals surface area contributed by atoms with E-state index in [1.807, 2.05) is 36.4 Å². The van der Waals surface area contributed by atoms with Gasteiger partial charge in [-0.3, -0.25) is 4.79 Å². The maximum absolute atomic E-state index is 12.3. The van der Waals surface area contributed by atoms with Crippen molar-refractivity contribution >= 4 is 5.91 Å². The number of hydrogen-bond acceptors (Lipinski definition) is 3. The smallest absolute Gasteiger partial charge is 0.275 e. The van der Waals surface area contributed by atoms with Gasteiger partial charge in [0.1, 0.15) is 6.04 Å². The normalized spacial score (nSPS) is 11.9. The number of hydrogen-bond donors (Lipinski definition) is 2. The molecule has 2 aromatic carbocycles. The van der Waals surface area contributed by atoms with E-state index in [1.54, 1.807) is 14.2 Å². The Kier molecular flexibility index (Phi) is 7.48. The van der Waals surface area contributed by atoms with Gasteiger partial charge in [-0.2, -0.15) is 0 Å². The van der Waals surface area contributed by atoms with Gasteiger partial charge in [-0.25, -0.2) is 0 Å². The lowest BCUT2D eigenvalue weighted by Gasteiger charge is -2.19. The summed E-state index contributed by atoms with van der Waals surface area (Å²) in [4.78, 5) is 12.3. The van der Waals surface area contributed by atoms with E-state index in [0.717, 1.165) is 5.56 Å². The van der Waals surface area contributed by atoms with Gasteiger partial charge in [0.2, 0.25) is 0 Å². The highest BCUT2D eigenvalue weighted by molar-refractivity contribution is 5.76. The predicted octanol–water partition coefficient (Wildman–Crippen LogP) is 2.28. The third kappa shape index (κ3) is 5.49. The van der Waals surface area contributed by atoms with E-state index < -0.39 is 0 Å². The summed E-state index contributed by atoms with van der Waals surface area (Å²) in [7, 11) is 3.21. The first kappa shape index (κ1) is 19.8. The van der Waals surface area contributed by atoms with Crippen LogP contribution in [0.2, 0.25) is 0 Å². The molecule has 26 heavy (non-hydrogen) atoms. The Hall–Kier alpha value is -2.53. The van der Waals surface area contributed by atoms with Crippen LogP contribution in [-0.4, -0.2) is 26.7 Å². The first-order valence-electron chi connectivity index (χ1n) is 8.91. The Balaban J connectivity index is 1.88. The molecule has 0 aromatic heterocycles. The summed E-state index contributed by atoms with van der Waals surface area (Å²) in [5.41, 5.74) is 2.22. The van der Waals surface area contributed by atoms with Crippen molar-refractivity contribution in [1.82, 2.24) is 5.32 Å². The Morgan fingerprint density at radius 3 is 2.35 bits per heavy atom. The lowest BCUT2D eigenvalue weighted by molar-refractivity contribution is -0.692. The van der Waals surface area contributed by atoms with Crippen molar-refractivity contribution in [3.63, 3.8) is 0 Å². The minimum Gasteiger partial charge on any atom is -0.493 e. The van der Waals surface area contributed by atoms with Crippen molar-refractivity contribution < 1.29 is 19.6 Å². The molecule has 0 radical (unpaired) electrons. The molecule has 2 rings (SSSR count). The fourth-order valence-corrected chi connectivity index (χ4v) is 2.97. The van der Waals surface area contributed by atoms with Gasteiger partial charge in [0.25, 0.3) is 5.91 Å². The minimum atomic E-state index is 0.0152. The van der Waals surface area contributed by atoms with Crippen LogP contribution in [0.4, 0.5) is 0 Å². The Morgan fingerprint density at radius 2 is 1.73 bits per heavy atom. The van der Waals surface area contributed by atoms with Crippen LogP contribution in [0.3, 0.4) is 0 Å². The van der Waals surface area contributed by atoms with Gasteiger partial charge in [-0.15, -0.1) is 0 Å². The van der Waals surface area contributed by atoms with Gasteiger partial charge in [-0.1, -0.05) is 50.2 Å². The number of rotatable bonds is 9. The molecule has 0 aliphatic heterocycles. The molecule has 5 heteroatoms. The average molecular weight is 357 g/mol. The van der Waals surface area contributed by atoms with E-state index in [9.17, 15) is 4.79 Å². The van der Waals surface area contributed by atoms with Crippen LogP contribution in [0.25, 0.3) is 0 Å². The van der Waals surface area contributed by atoms with Crippen LogP contribution in [0.1, 0.15) is 31.0 Å².